The maximum atomic E-state index is 5.79. The van der Waals surface area contributed by atoms with Crippen molar-refractivity contribution in [2.45, 2.75) is 26.7 Å². The Morgan fingerprint density at radius 2 is 1.94 bits per heavy atom. The first-order valence-corrected chi connectivity index (χ1v) is 5.40. The number of nitrogens with zero attached hydrogens (tertiary/aromatic N) is 4. The van der Waals surface area contributed by atoms with Gasteiger partial charge in [0.05, 0.1) is 6.20 Å². The lowest BCUT2D eigenvalue weighted by molar-refractivity contribution is 0.782. The SMILES string of the molecule is CCc1cnn(-c2nccnc2N)c1CC. The molecule has 0 bridgehead atoms. The lowest BCUT2D eigenvalue weighted by atomic mass is 10.1. The molecule has 84 valence electrons. The average molecular weight is 217 g/mol. The van der Waals surface area contributed by atoms with Crippen LogP contribution in [0.5, 0.6) is 0 Å². The number of aromatic nitrogens is 4. The third-order valence-corrected chi connectivity index (χ3v) is 2.58. The second-order valence-corrected chi connectivity index (χ2v) is 3.50. The summed E-state index contributed by atoms with van der Waals surface area (Å²) in [4.78, 5) is 8.24. The second-order valence-electron chi connectivity index (χ2n) is 3.50. The molecule has 2 rings (SSSR count). The van der Waals surface area contributed by atoms with Crippen molar-refractivity contribution in [3.63, 3.8) is 0 Å². The molecule has 0 unspecified atom stereocenters. The van der Waals surface area contributed by atoms with Crippen molar-refractivity contribution in [1.82, 2.24) is 19.7 Å². The van der Waals surface area contributed by atoms with E-state index in [2.05, 4.69) is 28.9 Å². The number of anilines is 1. The number of nitrogen functional groups attached to an aromatic ring is 1. The summed E-state index contributed by atoms with van der Waals surface area (Å²) >= 11 is 0. The molecule has 2 aromatic heterocycles. The van der Waals surface area contributed by atoms with E-state index in [-0.39, 0.29) is 0 Å². The van der Waals surface area contributed by atoms with Crippen molar-refractivity contribution in [3.8, 4) is 5.82 Å². The fourth-order valence-corrected chi connectivity index (χ4v) is 1.77. The van der Waals surface area contributed by atoms with Crippen molar-refractivity contribution in [2.75, 3.05) is 5.73 Å². The molecule has 0 amide bonds. The first-order valence-electron chi connectivity index (χ1n) is 5.40. The molecule has 2 N–H and O–H groups in total. The highest BCUT2D eigenvalue weighted by molar-refractivity contribution is 5.46. The van der Waals surface area contributed by atoms with E-state index in [1.165, 1.54) is 5.56 Å². The third kappa shape index (κ3) is 1.64. The number of nitrogens with two attached hydrogens (primary N) is 1. The van der Waals surface area contributed by atoms with E-state index in [0.29, 0.717) is 11.6 Å². The molecule has 0 atom stereocenters. The fraction of sp³-hybridized carbons (Fsp3) is 0.364. The molecule has 0 radical (unpaired) electrons. The van der Waals surface area contributed by atoms with Gasteiger partial charge in [-0.3, -0.25) is 0 Å². The predicted octanol–water partition coefficient (Wildman–Crippen LogP) is 1.37. The van der Waals surface area contributed by atoms with E-state index in [4.69, 9.17) is 5.73 Å². The molecule has 2 aromatic rings. The molecule has 0 spiro atoms. The molecule has 0 fully saturated rings. The van der Waals surface area contributed by atoms with Gasteiger partial charge in [-0.05, 0) is 18.4 Å². The topological polar surface area (TPSA) is 69.6 Å². The molecular weight excluding hydrogens is 202 g/mol. The number of hydrogen-bond acceptors (Lipinski definition) is 4. The van der Waals surface area contributed by atoms with Crippen molar-refractivity contribution in [1.29, 1.82) is 0 Å². The summed E-state index contributed by atoms with van der Waals surface area (Å²) in [6.45, 7) is 4.21. The van der Waals surface area contributed by atoms with Gasteiger partial charge in [-0.2, -0.15) is 5.10 Å². The van der Waals surface area contributed by atoms with Crippen LogP contribution in [0, 0.1) is 0 Å². The van der Waals surface area contributed by atoms with Crippen LogP contribution in [0.3, 0.4) is 0 Å². The largest absolute Gasteiger partial charge is 0.381 e. The molecular formula is C11H15N5. The summed E-state index contributed by atoms with van der Waals surface area (Å²) < 4.78 is 1.78. The fourth-order valence-electron chi connectivity index (χ4n) is 1.77. The maximum Gasteiger partial charge on any atom is 0.196 e. The van der Waals surface area contributed by atoms with Crippen LogP contribution >= 0.6 is 0 Å². The molecule has 0 aliphatic carbocycles. The highest BCUT2D eigenvalue weighted by Gasteiger charge is 2.12. The lowest BCUT2D eigenvalue weighted by Crippen LogP contribution is -2.09. The summed E-state index contributed by atoms with van der Waals surface area (Å²) in [5, 5.41) is 4.32. The Balaban J connectivity index is 2.56. The summed E-state index contributed by atoms with van der Waals surface area (Å²) in [5.74, 6) is 1.02. The van der Waals surface area contributed by atoms with Gasteiger partial charge in [0.15, 0.2) is 11.6 Å². The van der Waals surface area contributed by atoms with Gasteiger partial charge >= 0.3 is 0 Å². The van der Waals surface area contributed by atoms with Crippen LogP contribution in [-0.2, 0) is 12.8 Å². The minimum Gasteiger partial charge on any atom is -0.381 e. The monoisotopic (exact) mass is 217 g/mol. The normalized spacial score (nSPS) is 10.6. The summed E-state index contributed by atoms with van der Waals surface area (Å²) in [6.07, 6.45) is 6.93. The van der Waals surface area contributed by atoms with Gasteiger partial charge in [-0.1, -0.05) is 13.8 Å². The smallest absolute Gasteiger partial charge is 0.196 e. The Bertz CT molecular complexity index is 489. The van der Waals surface area contributed by atoms with E-state index in [0.717, 1.165) is 18.5 Å². The Kier molecular flexibility index (Phi) is 2.85. The van der Waals surface area contributed by atoms with Crippen molar-refractivity contribution in [2.24, 2.45) is 0 Å². The lowest BCUT2D eigenvalue weighted by Gasteiger charge is -2.07. The Labute approximate surface area is 94.3 Å². The zero-order chi connectivity index (χ0) is 11.5. The summed E-state index contributed by atoms with van der Waals surface area (Å²) in [6, 6.07) is 0. The molecule has 0 aliphatic heterocycles. The van der Waals surface area contributed by atoms with Crippen LogP contribution in [0.25, 0.3) is 5.82 Å². The van der Waals surface area contributed by atoms with Gasteiger partial charge < -0.3 is 5.73 Å². The van der Waals surface area contributed by atoms with E-state index >= 15 is 0 Å². The van der Waals surface area contributed by atoms with Gasteiger partial charge in [0.2, 0.25) is 0 Å². The Hall–Kier alpha value is -1.91. The van der Waals surface area contributed by atoms with Crippen LogP contribution in [0.2, 0.25) is 0 Å². The van der Waals surface area contributed by atoms with E-state index < -0.39 is 0 Å². The highest BCUT2D eigenvalue weighted by Crippen LogP contribution is 2.17. The molecule has 16 heavy (non-hydrogen) atoms. The molecule has 0 saturated carbocycles. The average Bonchev–Trinajstić information content (AvgIpc) is 2.72. The van der Waals surface area contributed by atoms with E-state index in [1.807, 2.05) is 6.20 Å². The zero-order valence-electron chi connectivity index (χ0n) is 9.51. The molecule has 0 aliphatic rings. The van der Waals surface area contributed by atoms with E-state index in [9.17, 15) is 0 Å². The van der Waals surface area contributed by atoms with Crippen molar-refractivity contribution >= 4 is 5.82 Å². The van der Waals surface area contributed by atoms with Crippen molar-refractivity contribution < 1.29 is 0 Å². The maximum absolute atomic E-state index is 5.79. The molecule has 0 aromatic carbocycles. The minimum absolute atomic E-state index is 0.406. The Morgan fingerprint density at radius 3 is 2.56 bits per heavy atom. The molecule has 5 nitrogen and oxygen atoms in total. The summed E-state index contributed by atoms with van der Waals surface area (Å²) in [7, 11) is 0. The molecule has 2 heterocycles. The van der Waals surface area contributed by atoms with Gasteiger partial charge in [0.1, 0.15) is 0 Å². The Morgan fingerprint density at radius 1 is 1.19 bits per heavy atom. The first kappa shape index (κ1) is 10.6. The van der Waals surface area contributed by atoms with Gasteiger partial charge in [0.25, 0.3) is 0 Å². The van der Waals surface area contributed by atoms with Crippen LogP contribution in [0.4, 0.5) is 5.82 Å². The number of aryl methyl sites for hydroxylation is 1. The minimum atomic E-state index is 0.406. The molecule has 0 saturated heterocycles. The number of hydrogen-bond donors (Lipinski definition) is 1. The van der Waals surface area contributed by atoms with E-state index in [1.54, 1.807) is 17.1 Å². The van der Waals surface area contributed by atoms with Crippen LogP contribution in [-0.4, -0.2) is 19.7 Å². The second kappa shape index (κ2) is 4.30. The van der Waals surface area contributed by atoms with Gasteiger partial charge in [-0.15, -0.1) is 0 Å². The van der Waals surface area contributed by atoms with Gasteiger partial charge in [0, 0.05) is 18.1 Å². The number of rotatable bonds is 3. The van der Waals surface area contributed by atoms with Crippen molar-refractivity contribution in [3.05, 3.63) is 29.8 Å². The van der Waals surface area contributed by atoms with Gasteiger partial charge in [-0.25, -0.2) is 14.6 Å². The predicted molar refractivity (Wildman–Crippen MR) is 62.3 cm³/mol. The first-order chi connectivity index (χ1) is 7.77. The highest BCUT2D eigenvalue weighted by atomic mass is 15.3. The van der Waals surface area contributed by atoms with Crippen LogP contribution < -0.4 is 5.73 Å². The summed E-state index contributed by atoms with van der Waals surface area (Å²) in [5.41, 5.74) is 8.17. The standard InChI is InChI=1S/C11H15N5/c1-3-8-7-15-16(9(8)4-2)11-10(12)13-5-6-14-11/h5-7H,3-4H2,1-2H3,(H2,12,13). The van der Waals surface area contributed by atoms with Crippen LogP contribution in [0.15, 0.2) is 18.6 Å². The zero-order valence-corrected chi connectivity index (χ0v) is 9.51. The quantitative estimate of drug-likeness (QED) is 0.843. The third-order valence-electron chi connectivity index (χ3n) is 2.58. The molecule has 5 heteroatoms. The van der Waals surface area contributed by atoms with Crippen LogP contribution in [0.1, 0.15) is 25.1 Å².